The number of aromatic nitrogens is 2. The number of hydrogen-bond acceptors (Lipinski definition) is 3. The molecule has 76 valence electrons. The number of methoxy groups -OCH3 is 1. The zero-order chi connectivity index (χ0) is 10.7. The Bertz CT molecular complexity index is 462. The van der Waals surface area contributed by atoms with Gasteiger partial charge in [0, 0.05) is 24.2 Å². The highest BCUT2D eigenvalue weighted by molar-refractivity contribution is 5.89. The average Bonchev–Trinajstić information content (AvgIpc) is 2.78. The molecule has 0 aliphatic carbocycles. The topological polar surface area (TPSA) is 55.0 Å². The van der Waals surface area contributed by atoms with Crippen LogP contribution < -0.4 is 0 Å². The summed E-state index contributed by atoms with van der Waals surface area (Å²) in [6.07, 6.45) is 5.18. The summed E-state index contributed by atoms with van der Waals surface area (Å²) in [5, 5.41) is 0. The maximum Gasteiger partial charge on any atom is 0.354 e. The van der Waals surface area contributed by atoms with E-state index in [9.17, 15) is 4.79 Å². The molecule has 0 radical (unpaired) electrons. The zero-order valence-electron chi connectivity index (χ0n) is 8.23. The van der Waals surface area contributed by atoms with E-state index in [1.807, 2.05) is 12.1 Å². The minimum absolute atomic E-state index is 0.365. The normalized spacial score (nSPS) is 9.93. The van der Waals surface area contributed by atoms with E-state index in [1.165, 1.54) is 7.11 Å². The quantitative estimate of drug-likeness (QED) is 0.756. The Morgan fingerprint density at radius 1 is 1.33 bits per heavy atom. The third kappa shape index (κ3) is 1.88. The summed E-state index contributed by atoms with van der Waals surface area (Å²) < 4.78 is 4.60. The Kier molecular flexibility index (Phi) is 2.49. The third-order valence-electron chi connectivity index (χ3n) is 2.10. The maximum atomic E-state index is 11.2. The van der Waals surface area contributed by atoms with Crippen LogP contribution in [0.3, 0.4) is 0 Å². The molecule has 1 N–H and O–H groups in total. The number of nitrogens with one attached hydrogen (secondary N) is 1. The van der Waals surface area contributed by atoms with Crippen molar-refractivity contribution in [3.8, 4) is 11.1 Å². The van der Waals surface area contributed by atoms with Crippen LogP contribution in [0.1, 0.15) is 10.5 Å². The van der Waals surface area contributed by atoms with Crippen molar-refractivity contribution in [2.45, 2.75) is 0 Å². The van der Waals surface area contributed by atoms with Crippen molar-refractivity contribution in [3.63, 3.8) is 0 Å². The van der Waals surface area contributed by atoms with E-state index in [0.717, 1.165) is 11.1 Å². The minimum Gasteiger partial charge on any atom is -0.464 e. The molecule has 2 aromatic heterocycles. The first kappa shape index (κ1) is 9.45. The lowest BCUT2D eigenvalue weighted by atomic mass is 10.1. The van der Waals surface area contributed by atoms with Gasteiger partial charge >= 0.3 is 5.97 Å². The number of H-pyrrole nitrogens is 1. The zero-order valence-corrected chi connectivity index (χ0v) is 8.23. The van der Waals surface area contributed by atoms with E-state index in [4.69, 9.17) is 0 Å². The Labute approximate surface area is 86.9 Å². The molecule has 0 unspecified atom stereocenters. The Morgan fingerprint density at radius 2 is 2.07 bits per heavy atom. The van der Waals surface area contributed by atoms with Gasteiger partial charge in [-0.3, -0.25) is 4.98 Å². The van der Waals surface area contributed by atoms with Crippen LogP contribution in [-0.2, 0) is 4.74 Å². The second-order valence-corrected chi connectivity index (χ2v) is 3.03. The van der Waals surface area contributed by atoms with E-state index in [1.54, 1.807) is 24.7 Å². The lowest BCUT2D eigenvalue weighted by molar-refractivity contribution is 0.0595. The predicted molar refractivity (Wildman–Crippen MR) is 55.4 cm³/mol. The van der Waals surface area contributed by atoms with Crippen molar-refractivity contribution < 1.29 is 9.53 Å². The molecule has 2 heterocycles. The smallest absolute Gasteiger partial charge is 0.354 e. The second kappa shape index (κ2) is 3.96. The molecule has 0 saturated heterocycles. The van der Waals surface area contributed by atoms with Crippen LogP contribution >= 0.6 is 0 Å². The van der Waals surface area contributed by atoms with Crippen molar-refractivity contribution in [2.75, 3.05) is 7.11 Å². The van der Waals surface area contributed by atoms with Crippen LogP contribution in [0.2, 0.25) is 0 Å². The molecule has 0 amide bonds. The molecule has 15 heavy (non-hydrogen) atoms. The largest absolute Gasteiger partial charge is 0.464 e. The number of ether oxygens (including phenoxy) is 1. The minimum atomic E-state index is -0.365. The maximum absolute atomic E-state index is 11.2. The van der Waals surface area contributed by atoms with Crippen LogP contribution in [0.15, 0.2) is 36.8 Å². The van der Waals surface area contributed by atoms with Crippen molar-refractivity contribution in [1.82, 2.24) is 9.97 Å². The number of carbonyl (C=O) groups excluding carboxylic acids is 1. The summed E-state index contributed by atoms with van der Waals surface area (Å²) in [5.41, 5.74) is 2.40. The van der Waals surface area contributed by atoms with Crippen molar-refractivity contribution in [3.05, 3.63) is 42.5 Å². The standard InChI is InChI=1S/C11H10N2O2/c1-15-11(14)10-6-9(7-13-10)8-2-4-12-5-3-8/h2-7,13H,1H3. The van der Waals surface area contributed by atoms with Gasteiger partial charge in [0.2, 0.25) is 0 Å². The summed E-state index contributed by atoms with van der Waals surface area (Å²) >= 11 is 0. The number of esters is 1. The Balaban J connectivity index is 2.32. The van der Waals surface area contributed by atoms with E-state index in [2.05, 4.69) is 14.7 Å². The molecular formula is C11H10N2O2. The van der Waals surface area contributed by atoms with Crippen molar-refractivity contribution >= 4 is 5.97 Å². The molecule has 0 aliphatic rings. The summed E-state index contributed by atoms with van der Waals surface area (Å²) in [6.45, 7) is 0. The summed E-state index contributed by atoms with van der Waals surface area (Å²) in [4.78, 5) is 18.0. The summed E-state index contributed by atoms with van der Waals surface area (Å²) in [7, 11) is 1.36. The molecule has 0 fully saturated rings. The van der Waals surface area contributed by atoms with E-state index < -0.39 is 0 Å². The summed E-state index contributed by atoms with van der Waals surface area (Å²) in [5.74, 6) is -0.365. The molecular weight excluding hydrogens is 192 g/mol. The van der Waals surface area contributed by atoms with Crippen molar-refractivity contribution in [2.24, 2.45) is 0 Å². The van der Waals surface area contributed by atoms with Gasteiger partial charge in [-0.05, 0) is 23.8 Å². The van der Waals surface area contributed by atoms with Gasteiger partial charge in [-0.25, -0.2) is 4.79 Å². The molecule has 0 aliphatic heterocycles. The monoisotopic (exact) mass is 202 g/mol. The van der Waals surface area contributed by atoms with E-state index in [0.29, 0.717) is 5.69 Å². The third-order valence-corrected chi connectivity index (χ3v) is 2.10. The predicted octanol–water partition coefficient (Wildman–Crippen LogP) is 1.86. The number of rotatable bonds is 2. The van der Waals surface area contributed by atoms with Gasteiger partial charge in [-0.1, -0.05) is 0 Å². The van der Waals surface area contributed by atoms with E-state index in [-0.39, 0.29) is 5.97 Å². The number of hydrogen-bond donors (Lipinski definition) is 1. The highest BCUT2D eigenvalue weighted by Gasteiger charge is 2.08. The fourth-order valence-corrected chi connectivity index (χ4v) is 1.33. The molecule has 0 saturated carbocycles. The molecule has 4 heteroatoms. The SMILES string of the molecule is COC(=O)c1cc(-c2ccncc2)c[nH]1. The number of pyridine rings is 1. The number of nitrogens with zero attached hydrogens (tertiary/aromatic N) is 1. The first-order valence-corrected chi connectivity index (χ1v) is 4.48. The van der Waals surface area contributed by atoms with Gasteiger partial charge in [0.15, 0.2) is 0 Å². The van der Waals surface area contributed by atoms with Gasteiger partial charge in [0.25, 0.3) is 0 Å². The van der Waals surface area contributed by atoms with Crippen LogP contribution in [0.25, 0.3) is 11.1 Å². The average molecular weight is 202 g/mol. The molecule has 0 aromatic carbocycles. The first-order chi connectivity index (χ1) is 7.31. The second-order valence-electron chi connectivity index (χ2n) is 3.03. The fraction of sp³-hybridized carbons (Fsp3) is 0.0909. The highest BCUT2D eigenvalue weighted by atomic mass is 16.5. The Morgan fingerprint density at radius 3 is 2.73 bits per heavy atom. The van der Waals surface area contributed by atoms with Gasteiger partial charge < -0.3 is 9.72 Å². The van der Waals surface area contributed by atoms with Gasteiger partial charge in [0.1, 0.15) is 5.69 Å². The number of carbonyl (C=O) groups is 1. The fourth-order valence-electron chi connectivity index (χ4n) is 1.33. The lowest BCUT2D eigenvalue weighted by Crippen LogP contribution is -2.00. The van der Waals surface area contributed by atoms with E-state index >= 15 is 0 Å². The highest BCUT2D eigenvalue weighted by Crippen LogP contribution is 2.19. The molecule has 2 rings (SSSR count). The van der Waals surface area contributed by atoms with Crippen molar-refractivity contribution in [1.29, 1.82) is 0 Å². The van der Waals surface area contributed by atoms with Gasteiger partial charge in [-0.2, -0.15) is 0 Å². The molecule has 0 atom stereocenters. The lowest BCUT2D eigenvalue weighted by Gasteiger charge is -1.94. The summed E-state index contributed by atoms with van der Waals surface area (Å²) in [6, 6.07) is 5.51. The van der Waals surface area contributed by atoms with Crippen LogP contribution in [-0.4, -0.2) is 23.0 Å². The van der Waals surface area contributed by atoms with Crippen LogP contribution in [0.4, 0.5) is 0 Å². The van der Waals surface area contributed by atoms with Gasteiger partial charge in [0.05, 0.1) is 7.11 Å². The molecule has 0 spiro atoms. The van der Waals surface area contributed by atoms with Crippen LogP contribution in [0.5, 0.6) is 0 Å². The Hall–Kier alpha value is -2.10. The molecule has 2 aromatic rings. The first-order valence-electron chi connectivity index (χ1n) is 4.48. The van der Waals surface area contributed by atoms with Crippen LogP contribution in [0, 0.1) is 0 Å². The van der Waals surface area contributed by atoms with Gasteiger partial charge in [-0.15, -0.1) is 0 Å². The molecule has 4 nitrogen and oxygen atoms in total. The number of aromatic amines is 1. The molecule has 0 bridgehead atoms.